The molecule has 0 unspecified atom stereocenters. The van der Waals surface area contributed by atoms with Gasteiger partial charge in [0.2, 0.25) is 0 Å². The van der Waals surface area contributed by atoms with Crippen molar-refractivity contribution >= 4 is 17.9 Å². The first kappa shape index (κ1) is 15.2. The highest BCUT2D eigenvalue weighted by Gasteiger charge is 2.17. The molecule has 0 aromatic carbocycles. The highest BCUT2D eigenvalue weighted by Crippen LogP contribution is 2.14. The zero-order valence-corrected chi connectivity index (χ0v) is 9.64. The third-order valence-electron chi connectivity index (χ3n) is 2.03. The molecule has 0 radical (unpaired) electrons. The minimum absolute atomic E-state index is 0.00306. The van der Waals surface area contributed by atoms with Crippen LogP contribution in [-0.2, 0) is 19.1 Å². The van der Waals surface area contributed by atoms with Crippen LogP contribution in [0.2, 0.25) is 0 Å². The van der Waals surface area contributed by atoms with Gasteiger partial charge in [-0.25, -0.2) is 4.79 Å². The van der Waals surface area contributed by atoms with Crippen LogP contribution in [0.25, 0.3) is 0 Å². The zero-order valence-electron chi connectivity index (χ0n) is 9.64. The van der Waals surface area contributed by atoms with Crippen molar-refractivity contribution in [2.24, 2.45) is 5.92 Å². The van der Waals surface area contributed by atoms with Gasteiger partial charge in [0.05, 0.1) is 6.61 Å². The Morgan fingerprint density at radius 1 is 1.18 bits per heavy atom. The number of hydrogen-bond acceptors (Lipinski definition) is 4. The molecule has 17 heavy (non-hydrogen) atoms. The fourth-order valence-electron chi connectivity index (χ4n) is 1.21. The number of hydrogen-bond donors (Lipinski definition) is 2. The van der Waals surface area contributed by atoms with Crippen LogP contribution in [0.15, 0.2) is 12.2 Å². The summed E-state index contributed by atoms with van der Waals surface area (Å²) in [7, 11) is 0. The molecule has 0 saturated carbocycles. The lowest BCUT2D eigenvalue weighted by Crippen LogP contribution is -2.16. The molecule has 2 N–H and O–H groups in total. The summed E-state index contributed by atoms with van der Waals surface area (Å²) in [5, 5.41) is 17.2. The SMILES string of the molecule is C=C(C)C(=O)OCCC(CC(=O)O)CC(=O)O. The molecule has 6 heteroatoms. The summed E-state index contributed by atoms with van der Waals surface area (Å²) in [6.07, 6.45) is -0.300. The van der Waals surface area contributed by atoms with Crippen molar-refractivity contribution in [3.63, 3.8) is 0 Å². The van der Waals surface area contributed by atoms with Crippen molar-refractivity contribution < 1.29 is 29.3 Å². The number of ether oxygens (including phenoxy) is 1. The van der Waals surface area contributed by atoms with Gasteiger partial charge in [0, 0.05) is 18.4 Å². The van der Waals surface area contributed by atoms with Crippen LogP contribution < -0.4 is 0 Å². The maximum absolute atomic E-state index is 11.0. The van der Waals surface area contributed by atoms with E-state index < -0.39 is 23.8 Å². The van der Waals surface area contributed by atoms with E-state index in [1.54, 1.807) is 0 Å². The maximum Gasteiger partial charge on any atom is 0.333 e. The van der Waals surface area contributed by atoms with Crippen molar-refractivity contribution in [2.75, 3.05) is 6.61 Å². The topological polar surface area (TPSA) is 101 Å². The van der Waals surface area contributed by atoms with E-state index in [4.69, 9.17) is 14.9 Å². The lowest BCUT2D eigenvalue weighted by Gasteiger charge is -2.12. The summed E-state index contributed by atoms with van der Waals surface area (Å²) in [6, 6.07) is 0. The Labute approximate surface area is 98.9 Å². The number of rotatable bonds is 8. The summed E-state index contributed by atoms with van der Waals surface area (Å²) < 4.78 is 4.77. The van der Waals surface area contributed by atoms with Crippen LogP contribution in [-0.4, -0.2) is 34.7 Å². The van der Waals surface area contributed by atoms with Crippen molar-refractivity contribution in [1.82, 2.24) is 0 Å². The second-order valence-electron chi connectivity index (χ2n) is 3.77. The van der Waals surface area contributed by atoms with Crippen molar-refractivity contribution in [2.45, 2.75) is 26.2 Å². The Kier molecular flexibility index (Phi) is 6.62. The molecule has 0 heterocycles. The van der Waals surface area contributed by atoms with E-state index in [0.717, 1.165) is 0 Å². The van der Waals surface area contributed by atoms with Crippen LogP contribution >= 0.6 is 0 Å². The van der Waals surface area contributed by atoms with E-state index in [9.17, 15) is 14.4 Å². The second kappa shape index (κ2) is 7.43. The highest BCUT2D eigenvalue weighted by atomic mass is 16.5. The summed E-state index contributed by atoms with van der Waals surface area (Å²) in [5.41, 5.74) is 0.248. The molecule has 6 nitrogen and oxygen atoms in total. The largest absolute Gasteiger partial charge is 0.481 e. The van der Waals surface area contributed by atoms with E-state index in [-0.39, 0.29) is 31.4 Å². The molecule has 0 fully saturated rings. The average molecular weight is 244 g/mol. The summed E-state index contributed by atoms with van der Waals surface area (Å²) in [6.45, 7) is 4.88. The van der Waals surface area contributed by atoms with Gasteiger partial charge in [-0.15, -0.1) is 0 Å². The first-order valence-corrected chi connectivity index (χ1v) is 5.09. The molecule has 0 aromatic rings. The fraction of sp³-hybridized carbons (Fsp3) is 0.545. The van der Waals surface area contributed by atoms with Crippen LogP contribution in [0.1, 0.15) is 26.2 Å². The van der Waals surface area contributed by atoms with Crippen LogP contribution in [0.3, 0.4) is 0 Å². The third-order valence-corrected chi connectivity index (χ3v) is 2.03. The molecule has 0 aliphatic heterocycles. The number of carboxylic acid groups (broad SMARTS) is 2. The van der Waals surface area contributed by atoms with Gasteiger partial charge in [0.15, 0.2) is 0 Å². The molecule has 0 aliphatic rings. The Morgan fingerprint density at radius 3 is 2.00 bits per heavy atom. The molecule has 0 amide bonds. The standard InChI is InChI=1S/C11H16O6/c1-7(2)11(16)17-4-3-8(5-9(12)13)6-10(14)15/h8H,1,3-6H2,2H3,(H,12,13)(H,14,15). The lowest BCUT2D eigenvalue weighted by atomic mass is 9.98. The molecular weight excluding hydrogens is 228 g/mol. The molecule has 0 aliphatic carbocycles. The van der Waals surface area contributed by atoms with Gasteiger partial charge in [-0.2, -0.15) is 0 Å². The Morgan fingerprint density at radius 2 is 1.65 bits per heavy atom. The number of aliphatic carboxylic acids is 2. The fourth-order valence-corrected chi connectivity index (χ4v) is 1.21. The van der Waals surface area contributed by atoms with Crippen molar-refractivity contribution in [3.8, 4) is 0 Å². The van der Waals surface area contributed by atoms with Gasteiger partial charge in [-0.1, -0.05) is 6.58 Å². The number of carbonyl (C=O) groups excluding carboxylic acids is 1. The van der Waals surface area contributed by atoms with Gasteiger partial charge < -0.3 is 14.9 Å². The van der Waals surface area contributed by atoms with E-state index in [2.05, 4.69) is 6.58 Å². The third kappa shape index (κ3) is 8.01. The van der Waals surface area contributed by atoms with Crippen LogP contribution in [0, 0.1) is 5.92 Å². The minimum atomic E-state index is -1.07. The minimum Gasteiger partial charge on any atom is -0.481 e. The van der Waals surface area contributed by atoms with E-state index in [1.807, 2.05) is 0 Å². The Bertz CT molecular complexity index is 304. The quantitative estimate of drug-likeness (QED) is 0.489. The first-order valence-electron chi connectivity index (χ1n) is 5.09. The lowest BCUT2D eigenvalue weighted by molar-refractivity contribution is -0.141. The van der Waals surface area contributed by atoms with Gasteiger partial charge in [0.25, 0.3) is 0 Å². The molecule has 0 bridgehead atoms. The number of esters is 1. The van der Waals surface area contributed by atoms with Gasteiger partial charge in [0.1, 0.15) is 0 Å². The normalized spacial score (nSPS) is 10.0. The van der Waals surface area contributed by atoms with Gasteiger partial charge in [-0.05, 0) is 19.3 Å². The summed E-state index contributed by atoms with van der Waals surface area (Å²) in [4.78, 5) is 32.0. The Hall–Kier alpha value is -1.85. The average Bonchev–Trinajstić information content (AvgIpc) is 2.14. The van der Waals surface area contributed by atoms with Crippen molar-refractivity contribution in [1.29, 1.82) is 0 Å². The molecular formula is C11H16O6. The van der Waals surface area contributed by atoms with E-state index in [0.29, 0.717) is 0 Å². The van der Waals surface area contributed by atoms with Crippen LogP contribution in [0.5, 0.6) is 0 Å². The van der Waals surface area contributed by atoms with E-state index >= 15 is 0 Å². The smallest absolute Gasteiger partial charge is 0.333 e. The van der Waals surface area contributed by atoms with E-state index in [1.165, 1.54) is 6.92 Å². The molecule has 0 spiro atoms. The number of carboxylic acids is 2. The van der Waals surface area contributed by atoms with Crippen molar-refractivity contribution in [3.05, 3.63) is 12.2 Å². The number of carbonyl (C=O) groups is 3. The van der Waals surface area contributed by atoms with Gasteiger partial charge >= 0.3 is 17.9 Å². The second-order valence-corrected chi connectivity index (χ2v) is 3.77. The summed E-state index contributed by atoms with van der Waals surface area (Å²) in [5.74, 6) is -3.23. The maximum atomic E-state index is 11.0. The highest BCUT2D eigenvalue weighted by molar-refractivity contribution is 5.86. The Balaban J connectivity index is 4.07. The zero-order chi connectivity index (χ0) is 13.4. The molecule has 0 aromatic heterocycles. The first-order chi connectivity index (χ1) is 7.82. The van der Waals surface area contributed by atoms with Crippen LogP contribution in [0.4, 0.5) is 0 Å². The summed E-state index contributed by atoms with van der Waals surface area (Å²) >= 11 is 0. The van der Waals surface area contributed by atoms with Gasteiger partial charge in [-0.3, -0.25) is 9.59 Å². The molecule has 0 saturated heterocycles. The predicted molar refractivity (Wildman–Crippen MR) is 58.4 cm³/mol. The molecule has 0 rings (SSSR count). The predicted octanol–water partition coefficient (Wildman–Crippen LogP) is 1.06. The monoisotopic (exact) mass is 244 g/mol. The molecule has 96 valence electrons. The molecule has 0 atom stereocenters.